The third kappa shape index (κ3) is 2.58. The fourth-order valence-electron chi connectivity index (χ4n) is 1.91. The van der Waals surface area contributed by atoms with Crippen molar-refractivity contribution in [2.45, 2.75) is 45.4 Å². The minimum atomic E-state index is 0.183. The van der Waals surface area contributed by atoms with E-state index in [0.29, 0.717) is 5.57 Å². The number of ketones is 1. The molecule has 1 atom stereocenters. The zero-order valence-electron chi connectivity index (χ0n) is 8.25. The first-order valence-electron chi connectivity index (χ1n) is 5.17. The molecule has 0 bridgehead atoms. The van der Waals surface area contributed by atoms with E-state index in [2.05, 4.69) is 6.92 Å². The van der Waals surface area contributed by atoms with Crippen LogP contribution in [-0.2, 0) is 4.79 Å². The largest absolute Gasteiger partial charge is 0.515 e. The second kappa shape index (κ2) is 5.05. The van der Waals surface area contributed by atoms with Crippen molar-refractivity contribution in [1.29, 1.82) is 0 Å². The van der Waals surface area contributed by atoms with Gasteiger partial charge in [0.15, 0.2) is 5.78 Å². The Balaban J connectivity index is 2.50. The molecular formula is C11H18O2. The Morgan fingerprint density at radius 2 is 2.38 bits per heavy atom. The van der Waals surface area contributed by atoms with E-state index < -0.39 is 0 Å². The van der Waals surface area contributed by atoms with E-state index >= 15 is 0 Å². The molecule has 0 aromatic heterocycles. The molecule has 1 saturated carbocycles. The monoisotopic (exact) mass is 182 g/mol. The number of aliphatic hydroxyl groups is 1. The molecule has 0 spiro atoms. The molecule has 74 valence electrons. The first kappa shape index (κ1) is 10.3. The van der Waals surface area contributed by atoms with Crippen molar-refractivity contribution in [2.24, 2.45) is 5.92 Å². The summed E-state index contributed by atoms with van der Waals surface area (Å²) in [5, 5.41) is 8.82. The van der Waals surface area contributed by atoms with Crippen LogP contribution in [0.2, 0.25) is 0 Å². The second-order valence-electron chi connectivity index (χ2n) is 3.75. The maximum absolute atomic E-state index is 11.6. The van der Waals surface area contributed by atoms with Crippen LogP contribution in [0.5, 0.6) is 0 Å². The number of unbranched alkanes of at least 4 members (excludes halogenated alkanes) is 1. The highest BCUT2D eigenvalue weighted by molar-refractivity contribution is 5.97. The van der Waals surface area contributed by atoms with E-state index in [1.165, 1.54) is 0 Å². The average Bonchev–Trinajstić information content (AvgIpc) is 2.16. The van der Waals surface area contributed by atoms with E-state index in [1.807, 2.05) is 0 Å². The zero-order valence-corrected chi connectivity index (χ0v) is 8.25. The Morgan fingerprint density at radius 3 is 3.00 bits per heavy atom. The summed E-state index contributed by atoms with van der Waals surface area (Å²) in [7, 11) is 0. The van der Waals surface area contributed by atoms with E-state index in [0.717, 1.165) is 44.8 Å². The molecule has 1 fully saturated rings. The van der Waals surface area contributed by atoms with Crippen LogP contribution < -0.4 is 0 Å². The van der Waals surface area contributed by atoms with Gasteiger partial charge >= 0.3 is 0 Å². The number of hydrogen-bond donors (Lipinski definition) is 1. The number of allylic oxidation sites excluding steroid dienone is 1. The number of rotatable bonds is 3. The van der Waals surface area contributed by atoms with Gasteiger partial charge in [-0.15, -0.1) is 0 Å². The third-order valence-electron chi connectivity index (χ3n) is 2.75. The van der Waals surface area contributed by atoms with Gasteiger partial charge in [0.05, 0.1) is 6.26 Å². The summed E-state index contributed by atoms with van der Waals surface area (Å²) in [6, 6.07) is 0. The van der Waals surface area contributed by atoms with Crippen molar-refractivity contribution < 1.29 is 9.90 Å². The van der Waals surface area contributed by atoms with Gasteiger partial charge in [0.2, 0.25) is 0 Å². The van der Waals surface area contributed by atoms with Gasteiger partial charge in [0, 0.05) is 11.5 Å². The van der Waals surface area contributed by atoms with Crippen LogP contribution in [0.4, 0.5) is 0 Å². The number of carbonyl (C=O) groups excluding carboxylic acids is 1. The van der Waals surface area contributed by atoms with Crippen molar-refractivity contribution in [2.75, 3.05) is 0 Å². The normalized spacial score (nSPS) is 26.7. The third-order valence-corrected chi connectivity index (χ3v) is 2.75. The van der Waals surface area contributed by atoms with Crippen LogP contribution in [0.3, 0.4) is 0 Å². The molecule has 0 amide bonds. The Hall–Kier alpha value is -0.790. The average molecular weight is 182 g/mol. The predicted molar refractivity (Wildman–Crippen MR) is 52.6 cm³/mol. The van der Waals surface area contributed by atoms with Crippen molar-refractivity contribution >= 4 is 5.78 Å². The first-order chi connectivity index (χ1) is 6.29. The van der Waals surface area contributed by atoms with Gasteiger partial charge in [-0.1, -0.05) is 19.8 Å². The zero-order chi connectivity index (χ0) is 9.68. The molecule has 0 saturated heterocycles. The van der Waals surface area contributed by atoms with Crippen molar-refractivity contribution in [3.63, 3.8) is 0 Å². The van der Waals surface area contributed by atoms with Gasteiger partial charge in [-0.3, -0.25) is 4.79 Å². The second-order valence-corrected chi connectivity index (χ2v) is 3.75. The Kier molecular flexibility index (Phi) is 4.00. The minimum absolute atomic E-state index is 0.183. The van der Waals surface area contributed by atoms with Gasteiger partial charge < -0.3 is 5.11 Å². The summed E-state index contributed by atoms with van der Waals surface area (Å²) in [6.07, 6.45) is 7.07. The van der Waals surface area contributed by atoms with Crippen LogP contribution in [0.1, 0.15) is 45.4 Å². The number of hydrogen-bond acceptors (Lipinski definition) is 2. The van der Waals surface area contributed by atoms with Crippen molar-refractivity contribution in [3.8, 4) is 0 Å². The maximum atomic E-state index is 11.6. The summed E-state index contributed by atoms with van der Waals surface area (Å²) >= 11 is 0. The molecule has 2 heteroatoms. The van der Waals surface area contributed by atoms with E-state index in [9.17, 15) is 4.79 Å². The molecule has 1 unspecified atom stereocenters. The summed E-state index contributed by atoms with van der Waals surface area (Å²) in [5.74, 6) is 0.370. The quantitative estimate of drug-likeness (QED) is 0.538. The van der Waals surface area contributed by atoms with E-state index in [4.69, 9.17) is 5.11 Å². The molecular weight excluding hydrogens is 164 g/mol. The lowest BCUT2D eigenvalue weighted by Gasteiger charge is -2.21. The highest BCUT2D eigenvalue weighted by Crippen LogP contribution is 2.28. The van der Waals surface area contributed by atoms with Gasteiger partial charge in [0.1, 0.15) is 0 Å². The van der Waals surface area contributed by atoms with Crippen LogP contribution >= 0.6 is 0 Å². The Morgan fingerprint density at radius 1 is 1.62 bits per heavy atom. The molecule has 0 heterocycles. The molecule has 0 aromatic rings. The summed E-state index contributed by atoms with van der Waals surface area (Å²) in [5.41, 5.74) is 0.632. The van der Waals surface area contributed by atoms with Gasteiger partial charge in [-0.25, -0.2) is 0 Å². The number of carbonyl (C=O) groups is 1. The summed E-state index contributed by atoms with van der Waals surface area (Å²) < 4.78 is 0. The fraction of sp³-hybridized carbons (Fsp3) is 0.727. The molecule has 0 radical (unpaired) electrons. The number of Topliss-reactive ketones (excluding diaryl/α,β-unsaturated/α-hetero) is 1. The summed E-state index contributed by atoms with van der Waals surface area (Å²) in [6.45, 7) is 2.14. The van der Waals surface area contributed by atoms with E-state index in [-0.39, 0.29) is 11.7 Å². The van der Waals surface area contributed by atoms with Crippen LogP contribution in [-0.4, -0.2) is 10.9 Å². The molecule has 13 heavy (non-hydrogen) atoms. The standard InChI is InChI=1S/C11H18O2/c1-2-3-5-9-6-4-7-10(8-12)11(9)13/h8-9,12H,2-7H2,1H3. The van der Waals surface area contributed by atoms with Crippen molar-refractivity contribution in [1.82, 2.24) is 0 Å². The Bertz CT molecular complexity index is 206. The molecule has 1 N–H and O–H groups in total. The van der Waals surface area contributed by atoms with Crippen molar-refractivity contribution in [3.05, 3.63) is 11.8 Å². The molecule has 1 aliphatic rings. The van der Waals surface area contributed by atoms with Gasteiger partial charge in [-0.05, 0) is 25.7 Å². The van der Waals surface area contributed by atoms with Crippen LogP contribution in [0.25, 0.3) is 0 Å². The lowest BCUT2D eigenvalue weighted by molar-refractivity contribution is -0.120. The molecule has 1 rings (SSSR count). The Labute approximate surface area is 79.6 Å². The van der Waals surface area contributed by atoms with Crippen LogP contribution in [0, 0.1) is 5.92 Å². The molecule has 2 nitrogen and oxygen atoms in total. The highest BCUT2D eigenvalue weighted by Gasteiger charge is 2.25. The SMILES string of the molecule is CCCCC1CCCC(=CO)C1=O. The van der Waals surface area contributed by atoms with E-state index in [1.54, 1.807) is 0 Å². The lowest BCUT2D eigenvalue weighted by Crippen LogP contribution is -2.21. The highest BCUT2D eigenvalue weighted by atomic mass is 16.2. The molecule has 1 aliphatic carbocycles. The predicted octanol–water partition coefficient (Wildman–Crippen LogP) is 2.99. The topological polar surface area (TPSA) is 37.3 Å². The van der Waals surface area contributed by atoms with Gasteiger partial charge in [0.25, 0.3) is 0 Å². The minimum Gasteiger partial charge on any atom is -0.515 e. The molecule has 0 aliphatic heterocycles. The lowest BCUT2D eigenvalue weighted by atomic mass is 9.82. The van der Waals surface area contributed by atoms with Crippen LogP contribution in [0.15, 0.2) is 11.8 Å². The van der Waals surface area contributed by atoms with Gasteiger partial charge in [-0.2, -0.15) is 0 Å². The molecule has 0 aromatic carbocycles. The smallest absolute Gasteiger partial charge is 0.164 e. The maximum Gasteiger partial charge on any atom is 0.164 e. The fourth-order valence-corrected chi connectivity index (χ4v) is 1.91. The number of aliphatic hydroxyl groups excluding tert-OH is 1. The summed E-state index contributed by atoms with van der Waals surface area (Å²) in [4.78, 5) is 11.6. The first-order valence-corrected chi connectivity index (χ1v) is 5.17.